The molecule has 112 valence electrons. The highest BCUT2D eigenvalue weighted by Gasteiger charge is 2.12. The van der Waals surface area contributed by atoms with Crippen LogP contribution in [-0.4, -0.2) is 36.0 Å². The summed E-state index contributed by atoms with van der Waals surface area (Å²) in [6, 6.07) is 3.46. The van der Waals surface area contributed by atoms with Crippen molar-refractivity contribution in [1.29, 1.82) is 0 Å². The van der Waals surface area contributed by atoms with Crippen LogP contribution in [0.25, 0.3) is 0 Å². The lowest BCUT2D eigenvalue weighted by Gasteiger charge is -2.08. The SMILES string of the molecule is CCNc1ccc(Cl)c(C(=O)NCCCCCSC)n1. The maximum absolute atomic E-state index is 12.0. The van der Waals surface area contributed by atoms with Gasteiger partial charge in [0.1, 0.15) is 11.5 Å². The topological polar surface area (TPSA) is 54.0 Å². The van der Waals surface area contributed by atoms with Gasteiger partial charge >= 0.3 is 0 Å². The van der Waals surface area contributed by atoms with Gasteiger partial charge in [-0.2, -0.15) is 11.8 Å². The molecule has 0 spiro atoms. The molecule has 1 amide bonds. The Labute approximate surface area is 130 Å². The number of nitrogens with zero attached hydrogens (tertiary/aromatic N) is 1. The third-order valence-electron chi connectivity index (χ3n) is 2.73. The molecule has 2 N–H and O–H groups in total. The van der Waals surface area contributed by atoms with E-state index in [2.05, 4.69) is 21.9 Å². The Bertz CT molecular complexity index is 429. The number of carbonyl (C=O) groups excluding carboxylic acids is 1. The molecule has 20 heavy (non-hydrogen) atoms. The van der Waals surface area contributed by atoms with Crippen molar-refractivity contribution in [3.8, 4) is 0 Å². The van der Waals surface area contributed by atoms with Crippen LogP contribution in [0, 0.1) is 0 Å². The molecule has 6 heteroatoms. The second kappa shape index (κ2) is 9.88. The fraction of sp³-hybridized carbons (Fsp3) is 0.571. The molecule has 0 aliphatic rings. The molecule has 0 bridgehead atoms. The minimum atomic E-state index is -0.209. The van der Waals surface area contributed by atoms with Crippen LogP contribution >= 0.6 is 23.4 Å². The number of anilines is 1. The standard InChI is InChI=1S/C14H22ClN3OS/c1-3-16-12-8-7-11(15)13(18-12)14(19)17-9-5-4-6-10-20-2/h7-8H,3-6,9-10H2,1-2H3,(H,16,18)(H,17,19). The molecule has 0 aliphatic carbocycles. The Morgan fingerprint density at radius 1 is 1.35 bits per heavy atom. The van der Waals surface area contributed by atoms with Crippen molar-refractivity contribution in [2.24, 2.45) is 0 Å². The Hall–Kier alpha value is -0.940. The molecule has 1 heterocycles. The largest absolute Gasteiger partial charge is 0.370 e. The molecule has 0 unspecified atom stereocenters. The summed E-state index contributed by atoms with van der Waals surface area (Å²) in [5.74, 6) is 1.63. The van der Waals surface area contributed by atoms with Gasteiger partial charge in [-0.15, -0.1) is 0 Å². The van der Waals surface area contributed by atoms with Gasteiger partial charge in [-0.3, -0.25) is 4.79 Å². The smallest absolute Gasteiger partial charge is 0.271 e. The van der Waals surface area contributed by atoms with Crippen molar-refractivity contribution in [2.75, 3.05) is 30.4 Å². The lowest BCUT2D eigenvalue weighted by atomic mass is 10.2. The van der Waals surface area contributed by atoms with Crippen LogP contribution < -0.4 is 10.6 Å². The van der Waals surface area contributed by atoms with E-state index in [4.69, 9.17) is 11.6 Å². The Morgan fingerprint density at radius 3 is 2.85 bits per heavy atom. The van der Waals surface area contributed by atoms with E-state index in [1.165, 1.54) is 12.2 Å². The Balaban J connectivity index is 2.44. The van der Waals surface area contributed by atoms with Crippen LogP contribution in [0.1, 0.15) is 36.7 Å². The fourth-order valence-electron chi connectivity index (χ4n) is 1.71. The summed E-state index contributed by atoms with van der Waals surface area (Å²) in [7, 11) is 0. The van der Waals surface area contributed by atoms with Gasteiger partial charge in [0.25, 0.3) is 5.91 Å². The van der Waals surface area contributed by atoms with Crippen LogP contribution in [-0.2, 0) is 0 Å². The van der Waals surface area contributed by atoms with Crippen molar-refractivity contribution >= 4 is 35.1 Å². The summed E-state index contributed by atoms with van der Waals surface area (Å²) in [5, 5.41) is 6.31. The normalized spacial score (nSPS) is 10.3. The molecule has 0 saturated carbocycles. The van der Waals surface area contributed by atoms with Gasteiger partial charge in [-0.1, -0.05) is 18.0 Å². The summed E-state index contributed by atoms with van der Waals surface area (Å²) < 4.78 is 0. The molecule has 0 fully saturated rings. The first-order chi connectivity index (χ1) is 9.69. The van der Waals surface area contributed by atoms with Crippen LogP contribution in [0.3, 0.4) is 0 Å². The molecule has 1 aromatic heterocycles. The monoisotopic (exact) mass is 315 g/mol. The Kier molecular flexibility index (Phi) is 8.46. The van der Waals surface area contributed by atoms with Crippen LogP contribution in [0.2, 0.25) is 5.02 Å². The summed E-state index contributed by atoms with van der Waals surface area (Å²) >= 11 is 7.87. The zero-order valence-electron chi connectivity index (χ0n) is 12.0. The maximum Gasteiger partial charge on any atom is 0.271 e. The second-order valence-corrected chi connectivity index (χ2v) is 5.76. The quantitative estimate of drug-likeness (QED) is 0.686. The first-order valence-corrected chi connectivity index (χ1v) is 8.63. The van der Waals surface area contributed by atoms with Crippen molar-refractivity contribution in [1.82, 2.24) is 10.3 Å². The molecular weight excluding hydrogens is 294 g/mol. The van der Waals surface area contributed by atoms with E-state index in [0.29, 0.717) is 17.4 Å². The number of rotatable bonds is 9. The van der Waals surface area contributed by atoms with Gasteiger partial charge in [-0.25, -0.2) is 4.98 Å². The number of amides is 1. The molecule has 0 radical (unpaired) electrons. The number of thioether (sulfide) groups is 1. The van der Waals surface area contributed by atoms with Gasteiger partial charge in [-0.05, 0) is 43.9 Å². The predicted molar refractivity (Wildman–Crippen MR) is 88.0 cm³/mol. The van der Waals surface area contributed by atoms with E-state index in [1.54, 1.807) is 12.1 Å². The van der Waals surface area contributed by atoms with E-state index in [1.807, 2.05) is 18.7 Å². The lowest BCUT2D eigenvalue weighted by Crippen LogP contribution is -2.26. The number of hydrogen-bond donors (Lipinski definition) is 2. The highest BCUT2D eigenvalue weighted by Crippen LogP contribution is 2.16. The van der Waals surface area contributed by atoms with Gasteiger partial charge in [0, 0.05) is 13.1 Å². The van der Waals surface area contributed by atoms with E-state index >= 15 is 0 Å². The number of pyridine rings is 1. The average Bonchev–Trinajstić information content (AvgIpc) is 2.45. The van der Waals surface area contributed by atoms with Gasteiger partial charge in [0.05, 0.1) is 5.02 Å². The number of unbranched alkanes of at least 4 members (excludes halogenated alkanes) is 2. The average molecular weight is 316 g/mol. The zero-order valence-corrected chi connectivity index (χ0v) is 13.6. The van der Waals surface area contributed by atoms with E-state index in [0.717, 1.165) is 19.4 Å². The summed E-state index contributed by atoms with van der Waals surface area (Å²) in [6.07, 6.45) is 5.40. The molecule has 1 aromatic rings. The molecule has 1 rings (SSSR count). The number of carbonyl (C=O) groups is 1. The fourth-order valence-corrected chi connectivity index (χ4v) is 2.40. The van der Waals surface area contributed by atoms with E-state index in [-0.39, 0.29) is 11.6 Å². The molecule has 0 aromatic carbocycles. The lowest BCUT2D eigenvalue weighted by molar-refractivity contribution is 0.0948. The molecular formula is C14H22ClN3OS. The van der Waals surface area contributed by atoms with Crippen LogP contribution in [0.4, 0.5) is 5.82 Å². The molecule has 0 saturated heterocycles. The first-order valence-electron chi connectivity index (χ1n) is 6.86. The van der Waals surface area contributed by atoms with Crippen molar-refractivity contribution in [3.05, 3.63) is 22.8 Å². The summed E-state index contributed by atoms with van der Waals surface area (Å²) in [4.78, 5) is 16.3. The van der Waals surface area contributed by atoms with Crippen molar-refractivity contribution in [3.63, 3.8) is 0 Å². The number of hydrogen-bond acceptors (Lipinski definition) is 4. The third-order valence-corrected chi connectivity index (χ3v) is 3.73. The molecule has 4 nitrogen and oxygen atoms in total. The molecule has 0 atom stereocenters. The summed E-state index contributed by atoms with van der Waals surface area (Å²) in [6.45, 7) is 3.40. The third kappa shape index (κ3) is 6.01. The number of aromatic nitrogens is 1. The van der Waals surface area contributed by atoms with Crippen molar-refractivity contribution < 1.29 is 4.79 Å². The van der Waals surface area contributed by atoms with Gasteiger partial charge in [0.2, 0.25) is 0 Å². The maximum atomic E-state index is 12.0. The minimum Gasteiger partial charge on any atom is -0.370 e. The Morgan fingerprint density at radius 2 is 2.15 bits per heavy atom. The number of nitrogens with one attached hydrogen (secondary N) is 2. The van der Waals surface area contributed by atoms with Gasteiger partial charge < -0.3 is 10.6 Å². The molecule has 0 aliphatic heterocycles. The summed E-state index contributed by atoms with van der Waals surface area (Å²) in [5.41, 5.74) is 0.286. The van der Waals surface area contributed by atoms with E-state index < -0.39 is 0 Å². The highest BCUT2D eigenvalue weighted by atomic mass is 35.5. The van der Waals surface area contributed by atoms with Crippen LogP contribution in [0.5, 0.6) is 0 Å². The first kappa shape index (κ1) is 17.1. The van der Waals surface area contributed by atoms with E-state index in [9.17, 15) is 4.79 Å². The minimum absolute atomic E-state index is 0.209. The van der Waals surface area contributed by atoms with Gasteiger partial charge in [0.15, 0.2) is 0 Å². The zero-order chi connectivity index (χ0) is 14.8. The second-order valence-electron chi connectivity index (χ2n) is 4.37. The predicted octanol–water partition coefficient (Wildman–Crippen LogP) is 3.43. The van der Waals surface area contributed by atoms with Crippen molar-refractivity contribution in [2.45, 2.75) is 26.2 Å². The highest BCUT2D eigenvalue weighted by molar-refractivity contribution is 7.98. The van der Waals surface area contributed by atoms with Crippen LogP contribution in [0.15, 0.2) is 12.1 Å². The number of halogens is 1.